The van der Waals surface area contributed by atoms with Gasteiger partial charge in [-0.05, 0) is 31.0 Å². The highest BCUT2D eigenvalue weighted by atomic mass is 35.5. The van der Waals surface area contributed by atoms with Crippen LogP contribution in [0.5, 0.6) is 0 Å². The van der Waals surface area contributed by atoms with Crippen molar-refractivity contribution in [2.24, 2.45) is 0 Å². The van der Waals surface area contributed by atoms with Crippen LogP contribution in [0.2, 0.25) is 10.0 Å². The highest BCUT2D eigenvalue weighted by molar-refractivity contribution is 7.99. The van der Waals surface area contributed by atoms with Gasteiger partial charge in [-0.15, -0.1) is 16.8 Å². The molecular weight excluding hydrogens is 415 g/mol. The average molecular weight is 439 g/mol. The Morgan fingerprint density at radius 3 is 2.68 bits per heavy atom. The molecule has 2 aromatic rings. The van der Waals surface area contributed by atoms with Crippen LogP contribution in [-0.2, 0) is 11.3 Å². The third-order valence-corrected chi connectivity index (χ3v) is 6.27. The quantitative estimate of drug-likeness (QED) is 0.358. The normalized spacial score (nSPS) is 15.2. The molecule has 28 heavy (non-hydrogen) atoms. The highest BCUT2D eigenvalue weighted by Crippen LogP contribution is 2.31. The molecule has 0 spiro atoms. The number of halogens is 2. The SMILES string of the molecule is C=CCn1c(SCC(=O)NC2CCCCCC2)nnc1-c1ccc(Cl)cc1Cl. The van der Waals surface area contributed by atoms with Crippen molar-refractivity contribution in [2.45, 2.75) is 56.3 Å². The Labute approximate surface area is 179 Å². The fraction of sp³-hybridized carbons (Fsp3) is 0.450. The minimum Gasteiger partial charge on any atom is -0.353 e. The molecule has 5 nitrogen and oxygen atoms in total. The lowest BCUT2D eigenvalue weighted by atomic mass is 10.1. The summed E-state index contributed by atoms with van der Waals surface area (Å²) in [6, 6.07) is 5.56. The number of hydrogen-bond donors (Lipinski definition) is 1. The van der Waals surface area contributed by atoms with Crippen LogP contribution in [0.25, 0.3) is 11.4 Å². The van der Waals surface area contributed by atoms with Gasteiger partial charge in [0.1, 0.15) is 0 Å². The number of nitrogens with zero attached hydrogens (tertiary/aromatic N) is 3. The molecule has 1 amide bonds. The van der Waals surface area contributed by atoms with Crippen molar-refractivity contribution >= 4 is 40.9 Å². The molecule has 1 aromatic carbocycles. The van der Waals surface area contributed by atoms with Crippen molar-refractivity contribution in [1.82, 2.24) is 20.1 Å². The fourth-order valence-electron chi connectivity index (χ4n) is 3.38. The van der Waals surface area contributed by atoms with Crippen molar-refractivity contribution in [1.29, 1.82) is 0 Å². The van der Waals surface area contributed by atoms with Crippen LogP contribution in [0.1, 0.15) is 38.5 Å². The second kappa shape index (κ2) is 10.3. The second-order valence-corrected chi connectivity index (χ2v) is 8.66. The van der Waals surface area contributed by atoms with Gasteiger partial charge >= 0.3 is 0 Å². The van der Waals surface area contributed by atoms with Crippen molar-refractivity contribution in [3.8, 4) is 11.4 Å². The predicted octanol–water partition coefficient (Wildman–Crippen LogP) is 5.37. The summed E-state index contributed by atoms with van der Waals surface area (Å²) < 4.78 is 1.91. The predicted molar refractivity (Wildman–Crippen MR) is 116 cm³/mol. The Kier molecular flexibility index (Phi) is 7.82. The molecule has 1 aliphatic rings. The Hall–Kier alpha value is -1.50. The van der Waals surface area contributed by atoms with Crippen LogP contribution >= 0.6 is 35.0 Å². The third-order valence-electron chi connectivity index (χ3n) is 4.75. The molecule has 1 fully saturated rings. The zero-order chi connectivity index (χ0) is 19.9. The minimum atomic E-state index is 0.0381. The van der Waals surface area contributed by atoms with Crippen LogP contribution in [-0.4, -0.2) is 32.5 Å². The number of carbonyl (C=O) groups excluding carboxylic acids is 1. The molecule has 150 valence electrons. The molecule has 1 heterocycles. The minimum absolute atomic E-state index is 0.0381. The summed E-state index contributed by atoms with van der Waals surface area (Å²) in [6.45, 7) is 4.33. The van der Waals surface area contributed by atoms with E-state index >= 15 is 0 Å². The fourth-order valence-corrected chi connectivity index (χ4v) is 4.63. The average Bonchev–Trinajstić information content (AvgIpc) is 2.87. The lowest BCUT2D eigenvalue weighted by Gasteiger charge is -2.16. The van der Waals surface area contributed by atoms with Gasteiger partial charge in [-0.25, -0.2) is 0 Å². The van der Waals surface area contributed by atoms with Crippen molar-refractivity contribution in [3.05, 3.63) is 40.9 Å². The van der Waals surface area contributed by atoms with E-state index < -0.39 is 0 Å². The zero-order valence-corrected chi connectivity index (χ0v) is 18.0. The molecule has 1 aromatic heterocycles. The van der Waals surface area contributed by atoms with Crippen molar-refractivity contribution < 1.29 is 4.79 Å². The summed E-state index contributed by atoms with van der Waals surface area (Å²) in [6.07, 6.45) is 8.83. The first-order chi connectivity index (χ1) is 13.6. The molecular formula is C20H24Cl2N4OS. The lowest BCUT2D eigenvalue weighted by molar-refractivity contribution is -0.119. The first-order valence-electron chi connectivity index (χ1n) is 9.50. The second-order valence-electron chi connectivity index (χ2n) is 6.87. The zero-order valence-electron chi connectivity index (χ0n) is 15.7. The number of nitrogens with one attached hydrogen (secondary N) is 1. The standard InChI is InChI=1S/C20H24Cl2N4OS/c1-2-11-26-19(16-10-9-14(21)12-17(16)22)24-25-20(26)28-13-18(27)23-15-7-5-3-4-6-8-15/h2,9-10,12,15H,1,3-8,11,13H2,(H,23,27). The lowest BCUT2D eigenvalue weighted by Crippen LogP contribution is -2.35. The van der Waals surface area contributed by atoms with Crippen molar-refractivity contribution in [3.63, 3.8) is 0 Å². The van der Waals surface area contributed by atoms with Gasteiger partial charge in [0.2, 0.25) is 5.91 Å². The molecule has 0 bridgehead atoms. The van der Waals surface area contributed by atoms with Gasteiger partial charge in [0.05, 0.1) is 10.8 Å². The topological polar surface area (TPSA) is 59.8 Å². The molecule has 1 saturated carbocycles. The van der Waals surface area contributed by atoms with Crippen LogP contribution in [0.3, 0.4) is 0 Å². The van der Waals surface area contributed by atoms with E-state index in [9.17, 15) is 4.79 Å². The Balaban J connectivity index is 1.69. The van der Waals surface area contributed by atoms with Gasteiger partial charge in [-0.3, -0.25) is 9.36 Å². The number of hydrogen-bond acceptors (Lipinski definition) is 4. The van der Waals surface area contributed by atoms with Gasteiger partial charge in [0.25, 0.3) is 0 Å². The molecule has 1 aliphatic carbocycles. The molecule has 0 unspecified atom stereocenters. The van der Waals surface area contributed by atoms with Gasteiger partial charge in [-0.1, -0.05) is 66.7 Å². The molecule has 3 rings (SSSR count). The van der Waals surface area contributed by atoms with E-state index in [1.807, 2.05) is 10.6 Å². The number of thioether (sulfide) groups is 1. The van der Waals surface area contributed by atoms with Gasteiger partial charge in [-0.2, -0.15) is 0 Å². The molecule has 0 aliphatic heterocycles. The molecule has 0 saturated heterocycles. The first kappa shape index (κ1) is 21.2. The van der Waals surface area contributed by atoms with Crippen molar-refractivity contribution in [2.75, 3.05) is 5.75 Å². The van der Waals surface area contributed by atoms with Crippen LogP contribution in [0, 0.1) is 0 Å². The number of rotatable bonds is 7. The number of carbonyl (C=O) groups is 1. The van der Waals surface area contributed by atoms with Gasteiger partial charge in [0, 0.05) is 23.2 Å². The van der Waals surface area contributed by atoms with E-state index in [-0.39, 0.29) is 5.91 Å². The summed E-state index contributed by atoms with van der Waals surface area (Å²) in [7, 11) is 0. The molecule has 0 atom stereocenters. The summed E-state index contributed by atoms with van der Waals surface area (Å²) in [4.78, 5) is 12.4. The summed E-state index contributed by atoms with van der Waals surface area (Å²) in [5, 5.41) is 13.4. The smallest absolute Gasteiger partial charge is 0.230 e. The van der Waals surface area contributed by atoms with E-state index in [2.05, 4.69) is 22.1 Å². The molecule has 1 N–H and O–H groups in total. The van der Waals surface area contributed by atoms with Gasteiger partial charge < -0.3 is 5.32 Å². The molecule has 0 radical (unpaired) electrons. The molecule has 8 heteroatoms. The number of allylic oxidation sites excluding steroid dienone is 1. The Morgan fingerprint density at radius 2 is 2.00 bits per heavy atom. The monoisotopic (exact) mass is 438 g/mol. The van der Waals surface area contributed by atoms with E-state index in [1.54, 1.807) is 18.2 Å². The summed E-state index contributed by atoms with van der Waals surface area (Å²) in [5.74, 6) is 0.976. The third kappa shape index (κ3) is 5.52. The first-order valence-corrected chi connectivity index (χ1v) is 11.2. The van der Waals surface area contributed by atoms with E-state index in [1.165, 1.54) is 37.4 Å². The maximum Gasteiger partial charge on any atom is 0.230 e. The van der Waals surface area contributed by atoms with Crippen LogP contribution in [0.15, 0.2) is 36.0 Å². The Morgan fingerprint density at radius 1 is 1.25 bits per heavy atom. The number of aromatic nitrogens is 3. The maximum absolute atomic E-state index is 12.4. The Bertz CT molecular complexity index is 832. The number of benzene rings is 1. The largest absolute Gasteiger partial charge is 0.353 e. The van der Waals surface area contributed by atoms with E-state index in [0.717, 1.165) is 18.4 Å². The highest BCUT2D eigenvalue weighted by Gasteiger charge is 2.19. The van der Waals surface area contributed by atoms with Gasteiger partial charge in [0.15, 0.2) is 11.0 Å². The van der Waals surface area contributed by atoms with Crippen LogP contribution in [0.4, 0.5) is 0 Å². The van der Waals surface area contributed by atoms with E-state index in [0.29, 0.717) is 39.4 Å². The maximum atomic E-state index is 12.4. The van der Waals surface area contributed by atoms with Crippen LogP contribution < -0.4 is 5.32 Å². The summed E-state index contributed by atoms with van der Waals surface area (Å²) in [5.41, 5.74) is 0.746. The summed E-state index contributed by atoms with van der Waals surface area (Å²) >= 11 is 13.7. The number of amides is 1. The van der Waals surface area contributed by atoms with E-state index in [4.69, 9.17) is 23.2 Å².